The second-order valence-corrected chi connectivity index (χ2v) is 9.72. The zero-order chi connectivity index (χ0) is 24.7. The average molecular weight is 488 g/mol. The lowest BCUT2D eigenvalue weighted by atomic mass is 9.94. The lowest BCUT2D eigenvalue weighted by Gasteiger charge is -2.34. The third-order valence-corrected chi connectivity index (χ3v) is 7.08. The molecule has 36 heavy (non-hydrogen) atoms. The number of aromatic nitrogens is 3. The van der Waals surface area contributed by atoms with Crippen molar-refractivity contribution in [1.82, 2.24) is 24.6 Å². The molecule has 1 aliphatic carbocycles. The molecule has 2 aliphatic rings. The van der Waals surface area contributed by atoms with Gasteiger partial charge in [-0.2, -0.15) is 5.10 Å². The van der Waals surface area contributed by atoms with Crippen molar-refractivity contribution in [2.45, 2.75) is 57.4 Å². The molecule has 2 amide bonds. The number of carbonyl (C=O) groups is 2. The summed E-state index contributed by atoms with van der Waals surface area (Å²) in [5.41, 5.74) is 2.61. The van der Waals surface area contributed by atoms with Crippen molar-refractivity contribution in [3.63, 3.8) is 0 Å². The zero-order valence-corrected chi connectivity index (χ0v) is 20.5. The van der Waals surface area contributed by atoms with E-state index < -0.39 is 0 Å². The van der Waals surface area contributed by atoms with Gasteiger partial charge >= 0.3 is 0 Å². The highest BCUT2D eigenvalue weighted by Crippen LogP contribution is 2.25. The van der Waals surface area contributed by atoms with E-state index in [9.17, 15) is 9.59 Å². The number of hydrogen-bond acceptors (Lipinski definition) is 5. The van der Waals surface area contributed by atoms with Crippen molar-refractivity contribution in [3.8, 4) is 0 Å². The molecule has 1 saturated carbocycles. The van der Waals surface area contributed by atoms with Gasteiger partial charge in [-0.15, -0.1) is 0 Å². The van der Waals surface area contributed by atoms with Crippen LogP contribution < -0.4 is 0 Å². The SMILES string of the molecule is O=C(c1cnn(Cc2ccccc2)c1)N1CC(=O)N(C2CCCCC2)C[C@@H](OCc2ccncc2)C1. The third kappa shape index (κ3) is 5.99. The predicted molar refractivity (Wildman–Crippen MR) is 135 cm³/mol. The Labute approximate surface area is 211 Å². The molecule has 0 unspecified atom stereocenters. The summed E-state index contributed by atoms with van der Waals surface area (Å²) in [4.78, 5) is 34.5. The van der Waals surface area contributed by atoms with E-state index in [0.29, 0.717) is 31.8 Å². The van der Waals surface area contributed by atoms with Gasteiger partial charge < -0.3 is 14.5 Å². The fraction of sp³-hybridized carbons (Fsp3) is 0.429. The maximum Gasteiger partial charge on any atom is 0.257 e. The van der Waals surface area contributed by atoms with Gasteiger partial charge in [0.1, 0.15) is 6.54 Å². The maximum absolute atomic E-state index is 13.5. The number of pyridine rings is 1. The summed E-state index contributed by atoms with van der Waals surface area (Å²) in [6.07, 6.45) is 12.1. The van der Waals surface area contributed by atoms with Crippen molar-refractivity contribution >= 4 is 11.8 Å². The molecule has 1 aromatic carbocycles. The molecule has 5 rings (SSSR count). The van der Waals surface area contributed by atoms with Crippen LogP contribution in [0.25, 0.3) is 0 Å². The monoisotopic (exact) mass is 487 g/mol. The normalized spacial score (nSPS) is 19.3. The largest absolute Gasteiger partial charge is 0.370 e. The molecule has 0 bridgehead atoms. The topological polar surface area (TPSA) is 80.6 Å². The zero-order valence-electron chi connectivity index (χ0n) is 20.5. The van der Waals surface area contributed by atoms with Crippen molar-refractivity contribution in [2.75, 3.05) is 19.6 Å². The second-order valence-electron chi connectivity index (χ2n) is 9.72. The van der Waals surface area contributed by atoms with Crippen LogP contribution in [0.15, 0.2) is 67.3 Å². The Morgan fingerprint density at radius 1 is 0.972 bits per heavy atom. The predicted octanol–water partition coefficient (Wildman–Crippen LogP) is 3.53. The minimum absolute atomic E-state index is 0.00179. The summed E-state index contributed by atoms with van der Waals surface area (Å²) >= 11 is 0. The first-order chi connectivity index (χ1) is 17.7. The van der Waals surface area contributed by atoms with Crippen LogP contribution in [-0.4, -0.2) is 68.2 Å². The van der Waals surface area contributed by atoms with Crippen LogP contribution in [0.2, 0.25) is 0 Å². The van der Waals surface area contributed by atoms with E-state index in [0.717, 1.165) is 36.8 Å². The van der Waals surface area contributed by atoms with Crippen LogP contribution in [0, 0.1) is 0 Å². The molecule has 3 heterocycles. The molecule has 0 spiro atoms. The van der Waals surface area contributed by atoms with Crippen molar-refractivity contribution in [2.24, 2.45) is 0 Å². The number of rotatable bonds is 7. The number of hydrogen-bond donors (Lipinski definition) is 0. The van der Waals surface area contributed by atoms with Crippen molar-refractivity contribution in [3.05, 3.63) is 83.9 Å². The van der Waals surface area contributed by atoms with E-state index in [1.54, 1.807) is 34.4 Å². The molecule has 8 nitrogen and oxygen atoms in total. The molecule has 1 aliphatic heterocycles. The van der Waals surface area contributed by atoms with Gasteiger partial charge in [0.25, 0.3) is 5.91 Å². The summed E-state index contributed by atoms with van der Waals surface area (Å²) in [6.45, 7) is 1.93. The number of nitrogens with zero attached hydrogens (tertiary/aromatic N) is 5. The van der Waals surface area contributed by atoms with Crippen LogP contribution in [0.5, 0.6) is 0 Å². The van der Waals surface area contributed by atoms with Gasteiger partial charge in [0, 0.05) is 37.7 Å². The smallest absolute Gasteiger partial charge is 0.257 e. The molecule has 1 atom stereocenters. The van der Waals surface area contributed by atoms with Crippen LogP contribution in [-0.2, 0) is 22.7 Å². The maximum atomic E-state index is 13.5. The molecule has 2 aromatic heterocycles. The lowest BCUT2D eigenvalue weighted by Crippen LogP contribution is -2.46. The highest BCUT2D eigenvalue weighted by atomic mass is 16.5. The molecule has 3 aromatic rings. The van der Waals surface area contributed by atoms with E-state index in [1.165, 1.54) is 6.42 Å². The Morgan fingerprint density at radius 3 is 2.53 bits per heavy atom. The molecular formula is C28H33N5O3. The van der Waals surface area contributed by atoms with Crippen LogP contribution in [0.4, 0.5) is 0 Å². The molecule has 0 N–H and O–H groups in total. The van der Waals surface area contributed by atoms with Gasteiger partial charge in [0.15, 0.2) is 0 Å². The summed E-state index contributed by atoms with van der Waals surface area (Å²) in [7, 11) is 0. The van der Waals surface area contributed by atoms with E-state index >= 15 is 0 Å². The van der Waals surface area contributed by atoms with E-state index in [1.807, 2.05) is 47.4 Å². The van der Waals surface area contributed by atoms with Crippen molar-refractivity contribution < 1.29 is 14.3 Å². The quantitative estimate of drug-likeness (QED) is 0.509. The molecule has 2 fully saturated rings. The standard InChI is InChI=1S/C28H33N5O3/c34-27-20-31(28(35)24-15-30-32(17-24)16-22-7-3-1-4-8-22)18-26(36-21-23-11-13-29-14-12-23)19-33(27)25-9-5-2-6-10-25/h1,3-4,7-8,11-15,17,25-26H,2,5-6,9-10,16,18-21H2/t26-/m0/s1. The number of ether oxygens (including phenoxy) is 1. The second kappa shape index (κ2) is 11.5. The Balaban J connectivity index is 1.31. The first-order valence-electron chi connectivity index (χ1n) is 12.8. The average Bonchev–Trinajstić information content (AvgIpc) is 3.31. The summed E-state index contributed by atoms with van der Waals surface area (Å²) in [6, 6.07) is 14.1. The van der Waals surface area contributed by atoms with Gasteiger partial charge in [-0.05, 0) is 36.1 Å². The van der Waals surface area contributed by atoms with Gasteiger partial charge in [-0.1, -0.05) is 49.6 Å². The molecule has 0 radical (unpaired) electrons. The molecular weight excluding hydrogens is 454 g/mol. The molecule has 1 saturated heterocycles. The number of amides is 2. The summed E-state index contributed by atoms with van der Waals surface area (Å²) < 4.78 is 8.04. The first kappa shape index (κ1) is 24.2. The Morgan fingerprint density at radius 2 is 1.75 bits per heavy atom. The number of carbonyl (C=O) groups excluding carboxylic acids is 2. The Hall–Kier alpha value is -3.52. The fourth-order valence-corrected chi connectivity index (χ4v) is 5.16. The lowest BCUT2D eigenvalue weighted by molar-refractivity contribution is -0.134. The van der Waals surface area contributed by atoms with E-state index in [-0.39, 0.29) is 30.5 Å². The highest BCUT2D eigenvalue weighted by Gasteiger charge is 2.35. The van der Waals surface area contributed by atoms with Crippen LogP contribution in [0.3, 0.4) is 0 Å². The Kier molecular flexibility index (Phi) is 7.71. The van der Waals surface area contributed by atoms with E-state index in [2.05, 4.69) is 10.1 Å². The molecule has 8 heteroatoms. The first-order valence-corrected chi connectivity index (χ1v) is 12.8. The van der Waals surface area contributed by atoms with Crippen LogP contribution >= 0.6 is 0 Å². The number of benzene rings is 1. The van der Waals surface area contributed by atoms with Gasteiger partial charge in [-0.25, -0.2) is 0 Å². The van der Waals surface area contributed by atoms with Gasteiger partial charge in [0.2, 0.25) is 5.91 Å². The third-order valence-electron chi connectivity index (χ3n) is 7.08. The van der Waals surface area contributed by atoms with Crippen LogP contribution in [0.1, 0.15) is 53.6 Å². The minimum Gasteiger partial charge on any atom is -0.370 e. The molecule has 188 valence electrons. The fourth-order valence-electron chi connectivity index (χ4n) is 5.16. The van der Waals surface area contributed by atoms with Gasteiger partial charge in [-0.3, -0.25) is 19.3 Å². The van der Waals surface area contributed by atoms with Gasteiger partial charge in [0.05, 0.1) is 31.0 Å². The summed E-state index contributed by atoms with van der Waals surface area (Å²) in [5.74, 6) is -0.187. The van der Waals surface area contributed by atoms with Crippen molar-refractivity contribution in [1.29, 1.82) is 0 Å². The summed E-state index contributed by atoms with van der Waals surface area (Å²) in [5, 5.41) is 4.39. The highest BCUT2D eigenvalue weighted by molar-refractivity contribution is 5.96. The minimum atomic E-state index is -0.269. The Bertz CT molecular complexity index is 1140. The van der Waals surface area contributed by atoms with E-state index in [4.69, 9.17) is 4.74 Å².